The Morgan fingerprint density at radius 3 is 2.67 bits per heavy atom. The molecule has 0 unspecified atom stereocenters. The quantitative estimate of drug-likeness (QED) is 0.489. The Morgan fingerprint density at radius 2 is 1.97 bits per heavy atom. The number of aromatic amines is 1. The minimum Gasteiger partial charge on any atom is -0.493 e. The number of amides is 1. The minimum atomic E-state index is -0.756. The third-order valence-corrected chi connectivity index (χ3v) is 6.99. The Bertz CT molecular complexity index is 1170. The summed E-state index contributed by atoms with van der Waals surface area (Å²) in [6, 6.07) is 16.2. The largest absolute Gasteiger partial charge is 0.493 e. The fraction of sp³-hybridized carbons (Fsp3) is 0.444. The highest BCUT2D eigenvalue weighted by Crippen LogP contribution is 2.36. The lowest BCUT2D eigenvalue weighted by Crippen LogP contribution is -2.56. The van der Waals surface area contributed by atoms with E-state index in [-0.39, 0.29) is 30.3 Å². The van der Waals surface area contributed by atoms with E-state index in [0.29, 0.717) is 25.5 Å². The Kier molecular flexibility index (Phi) is 7.34. The van der Waals surface area contributed by atoms with Gasteiger partial charge < -0.3 is 19.3 Å². The van der Waals surface area contributed by atoms with Gasteiger partial charge >= 0.3 is 0 Å². The number of benzene rings is 2. The lowest BCUT2D eigenvalue weighted by molar-refractivity contribution is -0.133. The molecule has 0 radical (unpaired) electrons. The number of halogens is 1. The van der Waals surface area contributed by atoms with Crippen molar-refractivity contribution in [1.82, 2.24) is 20.1 Å². The fourth-order valence-corrected chi connectivity index (χ4v) is 4.82. The zero-order chi connectivity index (χ0) is 24.9. The first kappa shape index (κ1) is 24.1. The molecule has 3 aromatic rings. The van der Waals surface area contributed by atoms with Crippen LogP contribution in [0.25, 0.3) is 0 Å². The predicted octanol–water partition coefficient (Wildman–Crippen LogP) is 3.72. The van der Waals surface area contributed by atoms with Crippen LogP contribution in [-0.4, -0.2) is 64.9 Å². The normalized spacial score (nSPS) is 18.1. The molecule has 36 heavy (non-hydrogen) atoms. The molecule has 2 heterocycles. The Labute approximate surface area is 210 Å². The van der Waals surface area contributed by atoms with Crippen LogP contribution in [0.15, 0.2) is 48.5 Å². The highest BCUT2D eigenvalue weighted by molar-refractivity contribution is 5.78. The van der Waals surface area contributed by atoms with Crippen LogP contribution in [0.4, 0.5) is 10.1 Å². The van der Waals surface area contributed by atoms with Crippen LogP contribution < -0.4 is 14.4 Å². The van der Waals surface area contributed by atoms with Crippen LogP contribution in [0.1, 0.15) is 36.5 Å². The van der Waals surface area contributed by atoms with Gasteiger partial charge in [-0.05, 0) is 43.4 Å². The van der Waals surface area contributed by atoms with Crippen molar-refractivity contribution in [3.8, 4) is 11.5 Å². The van der Waals surface area contributed by atoms with E-state index in [1.165, 1.54) is 12.0 Å². The van der Waals surface area contributed by atoms with Crippen molar-refractivity contribution in [3.63, 3.8) is 0 Å². The maximum Gasteiger partial charge on any atom is 0.230 e. The van der Waals surface area contributed by atoms with Crippen molar-refractivity contribution in [2.45, 2.75) is 50.9 Å². The van der Waals surface area contributed by atoms with Crippen molar-refractivity contribution in [1.29, 1.82) is 0 Å². The van der Waals surface area contributed by atoms with Crippen LogP contribution in [0.2, 0.25) is 0 Å². The molecule has 8 nitrogen and oxygen atoms in total. The second-order valence-electron chi connectivity index (χ2n) is 9.39. The molecular weight excluding hydrogens is 461 g/mol. The van der Waals surface area contributed by atoms with Crippen LogP contribution in [0.5, 0.6) is 11.5 Å². The summed E-state index contributed by atoms with van der Waals surface area (Å²) in [6.45, 7) is 1.19. The van der Waals surface area contributed by atoms with Crippen molar-refractivity contribution < 1.29 is 18.7 Å². The summed E-state index contributed by atoms with van der Waals surface area (Å²) < 4.78 is 24.6. The summed E-state index contributed by atoms with van der Waals surface area (Å²) in [4.78, 5) is 21.6. The maximum atomic E-state index is 13.3. The summed E-state index contributed by atoms with van der Waals surface area (Å²) in [6.07, 6.45) is 4.41. The number of aromatic nitrogens is 3. The molecule has 1 aliphatic heterocycles. The molecule has 1 atom stereocenters. The molecule has 190 valence electrons. The number of ether oxygens (including phenoxy) is 2. The number of anilines is 1. The van der Waals surface area contributed by atoms with Gasteiger partial charge in [0.05, 0.1) is 25.7 Å². The van der Waals surface area contributed by atoms with Gasteiger partial charge in [0.15, 0.2) is 24.0 Å². The zero-order valence-electron chi connectivity index (χ0n) is 20.5. The average molecular weight is 494 g/mol. The first-order valence-corrected chi connectivity index (χ1v) is 12.5. The van der Waals surface area contributed by atoms with Gasteiger partial charge in [-0.15, -0.1) is 0 Å². The number of nitrogens with zero attached hydrogens (tertiary/aromatic N) is 4. The topological polar surface area (TPSA) is 83.6 Å². The monoisotopic (exact) mass is 493 g/mol. The SMILES string of the molecule is COc1ccc(N2CCN(C(=O)Cc3nc(CF)n[nH]3)[C@@H](Cc3ccccc3)C2)cc1OC1CCC1. The van der Waals surface area contributed by atoms with E-state index >= 15 is 0 Å². The molecule has 1 amide bonds. The molecule has 1 aromatic heterocycles. The molecule has 1 aliphatic carbocycles. The van der Waals surface area contributed by atoms with Crippen LogP contribution in [-0.2, 0) is 24.3 Å². The van der Waals surface area contributed by atoms with Gasteiger partial charge in [-0.3, -0.25) is 9.89 Å². The summed E-state index contributed by atoms with van der Waals surface area (Å²) in [7, 11) is 1.66. The maximum absolute atomic E-state index is 13.3. The number of rotatable bonds is 9. The molecule has 2 aliphatic rings. The molecule has 5 rings (SSSR count). The molecular formula is C27H32FN5O3. The van der Waals surface area contributed by atoms with Crippen LogP contribution in [0, 0.1) is 0 Å². The van der Waals surface area contributed by atoms with Gasteiger partial charge in [0, 0.05) is 31.4 Å². The van der Waals surface area contributed by atoms with E-state index in [0.717, 1.165) is 36.4 Å². The van der Waals surface area contributed by atoms with Crippen LogP contribution >= 0.6 is 0 Å². The van der Waals surface area contributed by atoms with Gasteiger partial charge in [-0.1, -0.05) is 30.3 Å². The minimum absolute atomic E-state index is 0.0321. The lowest BCUT2D eigenvalue weighted by Gasteiger charge is -2.43. The number of hydrogen-bond donors (Lipinski definition) is 1. The number of nitrogens with one attached hydrogen (secondary N) is 1. The molecule has 1 saturated carbocycles. The summed E-state index contributed by atoms with van der Waals surface area (Å²) >= 11 is 0. The number of carbonyl (C=O) groups is 1. The Balaban J connectivity index is 1.34. The van der Waals surface area contributed by atoms with E-state index in [1.54, 1.807) is 7.11 Å². The fourth-order valence-electron chi connectivity index (χ4n) is 4.82. The first-order valence-electron chi connectivity index (χ1n) is 12.5. The van der Waals surface area contributed by atoms with Gasteiger partial charge in [0.25, 0.3) is 0 Å². The predicted molar refractivity (Wildman–Crippen MR) is 134 cm³/mol. The smallest absolute Gasteiger partial charge is 0.230 e. The number of methoxy groups -OCH3 is 1. The van der Waals surface area contributed by atoms with E-state index in [2.05, 4.69) is 44.3 Å². The molecule has 1 saturated heterocycles. The highest BCUT2D eigenvalue weighted by Gasteiger charge is 2.32. The third-order valence-electron chi connectivity index (χ3n) is 6.99. The number of H-pyrrole nitrogens is 1. The number of piperazine rings is 1. The highest BCUT2D eigenvalue weighted by atomic mass is 19.1. The van der Waals surface area contributed by atoms with Crippen molar-refractivity contribution in [3.05, 3.63) is 65.7 Å². The summed E-state index contributed by atoms with van der Waals surface area (Å²) in [5.41, 5.74) is 2.23. The summed E-state index contributed by atoms with van der Waals surface area (Å²) in [5.74, 6) is 1.93. The molecule has 2 aromatic carbocycles. The Morgan fingerprint density at radius 1 is 1.14 bits per heavy atom. The van der Waals surface area contributed by atoms with E-state index in [4.69, 9.17) is 9.47 Å². The zero-order valence-corrected chi connectivity index (χ0v) is 20.5. The third kappa shape index (κ3) is 5.45. The second-order valence-corrected chi connectivity index (χ2v) is 9.39. The molecule has 0 spiro atoms. The molecule has 0 bridgehead atoms. The Hall–Kier alpha value is -3.62. The molecule has 1 N–H and O–H groups in total. The van der Waals surface area contributed by atoms with Crippen molar-refractivity contribution >= 4 is 11.6 Å². The number of hydrogen-bond acceptors (Lipinski definition) is 6. The van der Waals surface area contributed by atoms with Crippen molar-refractivity contribution in [2.75, 3.05) is 31.6 Å². The molecule has 2 fully saturated rings. The first-order chi connectivity index (χ1) is 17.6. The number of alkyl halides is 1. The average Bonchev–Trinajstić information content (AvgIpc) is 3.34. The second kappa shape index (κ2) is 11.0. The van der Waals surface area contributed by atoms with E-state index in [1.807, 2.05) is 29.2 Å². The van der Waals surface area contributed by atoms with Gasteiger partial charge in [0.1, 0.15) is 5.82 Å². The standard InChI is InChI=1S/C27H32FN5O3/c1-35-23-11-10-20(15-24(23)36-22-8-5-9-22)32-12-13-33(21(18-32)14-19-6-3-2-4-7-19)27(34)16-25-29-26(17-28)31-30-25/h2-4,6-7,10-11,15,21-22H,5,8-9,12-14,16-18H2,1H3,(H,29,30,31)/t21-/m0/s1. The van der Waals surface area contributed by atoms with E-state index < -0.39 is 6.67 Å². The van der Waals surface area contributed by atoms with Crippen LogP contribution in [0.3, 0.4) is 0 Å². The van der Waals surface area contributed by atoms with Gasteiger partial charge in [-0.25, -0.2) is 9.37 Å². The summed E-state index contributed by atoms with van der Waals surface area (Å²) in [5, 5.41) is 6.50. The lowest BCUT2D eigenvalue weighted by atomic mass is 9.96. The van der Waals surface area contributed by atoms with Gasteiger partial charge in [-0.2, -0.15) is 5.10 Å². The van der Waals surface area contributed by atoms with Gasteiger partial charge in [0.2, 0.25) is 5.91 Å². The van der Waals surface area contributed by atoms with Crippen molar-refractivity contribution in [2.24, 2.45) is 0 Å². The molecule has 9 heteroatoms. The van der Waals surface area contributed by atoms with E-state index in [9.17, 15) is 9.18 Å². The number of carbonyl (C=O) groups excluding carboxylic acids is 1.